The maximum Gasteiger partial charge on any atom is 0.154 e. The molecule has 3 nitrogen and oxygen atoms in total. The van der Waals surface area contributed by atoms with Crippen molar-refractivity contribution < 1.29 is 18.7 Å². The minimum absolute atomic E-state index is 0.00404. The molecule has 2 aliphatic heterocycles. The lowest BCUT2D eigenvalue weighted by Crippen LogP contribution is -2.34. The van der Waals surface area contributed by atoms with Gasteiger partial charge in [-0.3, -0.25) is 9.59 Å². The molecule has 144 valence electrons. The van der Waals surface area contributed by atoms with E-state index in [4.69, 9.17) is 4.74 Å². The summed E-state index contributed by atoms with van der Waals surface area (Å²) in [6.07, 6.45) is 0.222. The third kappa shape index (κ3) is 2.37. The Labute approximate surface area is 163 Å². The molecule has 0 amide bonds. The molecule has 3 aliphatic rings. The first kappa shape index (κ1) is 17.7. The Morgan fingerprint density at radius 2 is 1.54 bits per heavy atom. The highest BCUT2D eigenvalue weighted by Gasteiger charge is 2.66. The Morgan fingerprint density at radius 1 is 0.929 bits per heavy atom. The summed E-state index contributed by atoms with van der Waals surface area (Å²) < 4.78 is 19.4. The van der Waals surface area contributed by atoms with Gasteiger partial charge in [0.25, 0.3) is 0 Å². The summed E-state index contributed by atoms with van der Waals surface area (Å²) in [6, 6.07) is 10.5. The zero-order chi connectivity index (χ0) is 19.7. The van der Waals surface area contributed by atoms with Crippen LogP contribution in [0.2, 0.25) is 0 Å². The Bertz CT molecular complexity index is 970. The number of carbonyl (C=O) groups is 2. The van der Waals surface area contributed by atoms with E-state index < -0.39 is 5.92 Å². The maximum atomic E-state index is 13.4. The fraction of sp³-hybridized carbons (Fsp3) is 0.417. The highest BCUT2D eigenvalue weighted by atomic mass is 19.1. The Hall–Kier alpha value is -2.33. The third-order valence-electron chi connectivity index (χ3n) is 6.91. The van der Waals surface area contributed by atoms with E-state index in [1.165, 1.54) is 12.1 Å². The predicted octanol–water partition coefficient (Wildman–Crippen LogP) is 4.17. The van der Waals surface area contributed by atoms with Crippen LogP contribution < -0.4 is 0 Å². The molecule has 0 spiro atoms. The Balaban J connectivity index is 1.51. The molecule has 2 saturated heterocycles. The van der Waals surface area contributed by atoms with Crippen LogP contribution in [0, 0.1) is 38.4 Å². The lowest BCUT2D eigenvalue weighted by molar-refractivity contribution is -0.127. The summed E-state index contributed by atoms with van der Waals surface area (Å²) in [5.74, 6) is -1.59. The van der Waals surface area contributed by atoms with Gasteiger partial charge >= 0.3 is 0 Å². The van der Waals surface area contributed by atoms with Crippen LogP contribution in [0.1, 0.15) is 46.1 Å². The van der Waals surface area contributed by atoms with Gasteiger partial charge in [0.05, 0.1) is 24.0 Å². The second kappa shape index (κ2) is 6.08. The molecule has 2 aromatic carbocycles. The second-order valence-corrected chi connectivity index (χ2v) is 8.63. The van der Waals surface area contributed by atoms with E-state index in [1.54, 1.807) is 12.1 Å². The molecule has 2 aromatic rings. The van der Waals surface area contributed by atoms with Gasteiger partial charge in [0.15, 0.2) is 11.6 Å². The van der Waals surface area contributed by atoms with Gasteiger partial charge in [-0.1, -0.05) is 29.8 Å². The van der Waals surface area contributed by atoms with Crippen LogP contribution in [0.25, 0.3) is 0 Å². The molecular weight excluding hydrogens is 355 g/mol. The number of Topliss-reactive ketones (excluding diaryl/α,β-unsaturated/α-hetero) is 2. The van der Waals surface area contributed by atoms with Gasteiger partial charge in [-0.25, -0.2) is 4.39 Å². The van der Waals surface area contributed by atoms with E-state index in [1.807, 2.05) is 32.9 Å². The Kier molecular flexibility index (Phi) is 3.86. The first-order valence-corrected chi connectivity index (χ1v) is 9.93. The van der Waals surface area contributed by atoms with Gasteiger partial charge < -0.3 is 4.74 Å². The monoisotopic (exact) mass is 378 g/mol. The number of hydrogen-bond donors (Lipinski definition) is 0. The molecule has 4 heteroatoms. The van der Waals surface area contributed by atoms with Crippen LogP contribution in [-0.4, -0.2) is 23.8 Å². The minimum atomic E-state index is -0.670. The summed E-state index contributed by atoms with van der Waals surface area (Å²) in [7, 11) is 0. The smallest absolute Gasteiger partial charge is 0.154 e. The number of fused-ring (bicyclic) bond motifs is 5. The topological polar surface area (TPSA) is 43.4 Å². The van der Waals surface area contributed by atoms with Gasteiger partial charge in [0.2, 0.25) is 0 Å². The van der Waals surface area contributed by atoms with Crippen LogP contribution >= 0.6 is 0 Å². The highest BCUT2D eigenvalue weighted by molar-refractivity contribution is 6.17. The van der Waals surface area contributed by atoms with Crippen molar-refractivity contribution in [3.05, 3.63) is 70.0 Å². The normalized spacial score (nSPS) is 33.6. The van der Waals surface area contributed by atoms with Gasteiger partial charge in [-0.15, -0.1) is 0 Å². The fourth-order valence-electron chi connectivity index (χ4n) is 5.93. The van der Waals surface area contributed by atoms with Crippen molar-refractivity contribution in [1.82, 2.24) is 0 Å². The molecule has 1 saturated carbocycles. The quantitative estimate of drug-likeness (QED) is 0.737. The molecule has 2 heterocycles. The largest absolute Gasteiger partial charge is 0.373 e. The van der Waals surface area contributed by atoms with E-state index in [-0.39, 0.29) is 47.3 Å². The summed E-state index contributed by atoms with van der Waals surface area (Å²) in [5, 5.41) is 0. The summed E-state index contributed by atoms with van der Waals surface area (Å²) in [4.78, 5) is 26.8. The van der Waals surface area contributed by atoms with Crippen molar-refractivity contribution in [3.63, 3.8) is 0 Å². The molecule has 0 radical (unpaired) electrons. The molecule has 0 N–H and O–H groups in total. The average Bonchev–Trinajstić information content (AvgIpc) is 3.29. The van der Waals surface area contributed by atoms with Gasteiger partial charge in [0.1, 0.15) is 11.7 Å². The zero-order valence-electron chi connectivity index (χ0n) is 16.2. The second-order valence-electron chi connectivity index (χ2n) is 8.63. The first-order valence-electron chi connectivity index (χ1n) is 9.93. The van der Waals surface area contributed by atoms with Gasteiger partial charge in [-0.05, 0) is 61.6 Å². The molecule has 28 heavy (non-hydrogen) atoms. The van der Waals surface area contributed by atoms with Crippen molar-refractivity contribution in [2.24, 2.45) is 11.8 Å². The molecule has 6 atom stereocenters. The van der Waals surface area contributed by atoms with Crippen LogP contribution in [0.15, 0.2) is 36.4 Å². The Morgan fingerprint density at radius 3 is 2.18 bits per heavy atom. The predicted molar refractivity (Wildman–Crippen MR) is 103 cm³/mol. The SMILES string of the molecule is Cc1cc(C)c(C2C(=O)C3C4CC(c5ccc(F)cc5)C(O4)C3C2=O)c(C)c1. The zero-order valence-corrected chi connectivity index (χ0v) is 16.2. The fourth-order valence-corrected chi connectivity index (χ4v) is 5.93. The van der Waals surface area contributed by atoms with E-state index >= 15 is 0 Å². The van der Waals surface area contributed by atoms with Crippen molar-refractivity contribution in [1.29, 1.82) is 0 Å². The third-order valence-corrected chi connectivity index (χ3v) is 6.91. The van der Waals surface area contributed by atoms with Crippen molar-refractivity contribution in [2.45, 2.75) is 51.2 Å². The number of carbonyl (C=O) groups excluding carboxylic acids is 2. The number of ketones is 2. The van der Waals surface area contributed by atoms with Crippen LogP contribution in [-0.2, 0) is 14.3 Å². The molecule has 1 aliphatic carbocycles. The average molecular weight is 378 g/mol. The summed E-state index contributed by atoms with van der Waals surface area (Å²) in [6.45, 7) is 5.99. The lowest BCUT2D eigenvalue weighted by atomic mass is 9.73. The highest BCUT2D eigenvalue weighted by Crippen LogP contribution is 2.57. The maximum absolute atomic E-state index is 13.4. The van der Waals surface area contributed by atoms with Crippen LogP contribution in [0.5, 0.6) is 0 Å². The molecule has 3 fully saturated rings. The molecule has 6 unspecified atom stereocenters. The van der Waals surface area contributed by atoms with E-state index in [0.717, 1.165) is 34.2 Å². The van der Waals surface area contributed by atoms with Gasteiger partial charge in [-0.2, -0.15) is 0 Å². The lowest BCUT2D eigenvalue weighted by Gasteiger charge is -2.26. The van der Waals surface area contributed by atoms with Gasteiger partial charge in [0, 0.05) is 5.92 Å². The van der Waals surface area contributed by atoms with E-state index in [9.17, 15) is 14.0 Å². The van der Waals surface area contributed by atoms with Crippen molar-refractivity contribution in [2.75, 3.05) is 0 Å². The number of aryl methyl sites for hydroxylation is 3. The molecular formula is C24H23FO3. The summed E-state index contributed by atoms with van der Waals surface area (Å²) >= 11 is 0. The van der Waals surface area contributed by atoms with Crippen LogP contribution in [0.4, 0.5) is 4.39 Å². The number of halogens is 1. The van der Waals surface area contributed by atoms with E-state index in [2.05, 4.69) is 0 Å². The number of rotatable bonds is 2. The standard InChI is InChI=1S/C24H23FO3/c1-11-8-12(2)18(13(3)9-11)20-22(26)19-17-10-16(14-4-6-15(25)7-5-14)24(28-17)21(19)23(20)27/h4-9,16-17,19-21,24H,10H2,1-3H3. The minimum Gasteiger partial charge on any atom is -0.373 e. The number of ether oxygens (including phenoxy) is 1. The first-order chi connectivity index (χ1) is 13.4. The molecule has 2 bridgehead atoms. The molecule has 0 aromatic heterocycles. The number of benzene rings is 2. The summed E-state index contributed by atoms with van der Waals surface area (Å²) in [5.41, 5.74) is 5.02. The van der Waals surface area contributed by atoms with Crippen LogP contribution in [0.3, 0.4) is 0 Å². The van der Waals surface area contributed by atoms with Crippen molar-refractivity contribution >= 4 is 11.6 Å². The number of hydrogen-bond acceptors (Lipinski definition) is 3. The van der Waals surface area contributed by atoms with E-state index in [0.29, 0.717) is 0 Å². The molecule has 5 rings (SSSR count). The van der Waals surface area contributed by atoms with Crippen molar-refractivity contribution in [3.8, 4) is 0 Å².